The Hall–Kier alpha value is -0.700. The number of allylic oxidation sites excluding steroid dienone is 1. The molecule has 1 N–H and O–H groups in total. The summed E-state index contributed by atoms with van der Waals surface area (Å²) in [4.78, 5) is 0. The SMILES string of the molecule is C=CCCCCCOc1c(Cl)cc(Cl)cc1CNC1CC1. The van der Waals surface area contributed by atoms with Gasteiger partial charge in [0.2, 0.25) is 0 Å². The molecule has 0 unspecified atom stereocenters. The predicted octanol–water partition coefficient (Wildman–Crippen LogP) is 5.37. The fourth-order valence-electron chi connectivity index (χ4n) is 2.19. The molecule has 0 radical (unpaired) electrons. The normalized spacial score (nSPS) is 14.2. The maximum absolute atomic E-state index is 6.28. The van der Waals surface area contributed by atoms with Crippen molar-refractivity contribution in [1.82, 2.24) is 5.32 Å². The van der Waals surface area contributed by atoms with Gasteiger partial charge in [-0.1, -0.05) is 29.3 Å². The molecule has 1 aromatic rings. The lowest BCUT2D eigenvalue weighted by Crippen LogP contribution is -2.16. The van der Waals surface area contributed by atoms with E-state index >= 15 is 0 Å². The number of nitrogens with one attached hydrogen (secondary N) is 1. The Balaban J connectivity index is 1.87. The summed E-state index contributed by atoms with van der Waals surface area (Å²) in [6.07, 6.45) is 8.88. The van der Waals surface area contributed by atoms with E-state index in [0.29, 0.717) is 22.7 Å². The van der Waals surface area contributed by atoms with Crippen LogP contribution in [0, 0.1) is 0 Å². The van der Waals surface area contributed by atoms with Gasteiger partial charge in [0.05, 0.1) is 11.6 Å². The van der Waals surface area contributed by atoms with Gasteiger partial charge in [-0.15, -0.1) is 6.58 Å². The van der Waals surface area contributed by atoms with Crippen LogP contribution in [0.15, 0.2) is 24.8 Å². The monoisotopic (exact) mass is 327 g/mol. The second-order valence-corrected chi connectivity index (χ2v) is 6.36. The van der Waals surface area contributed by atoms with Crippen LogP contribution in [0.2, 0.25) is 10.0 Å². The average Bonchev–Trinajstić information content (AvgIpc) is 3.26. The van der Waals surface area contributed by atoms with Crippen LogP contribution in [0.1, 0.15) is 44.1 Å². The second-order valence-electron chi connectivity index (χ2n) is 5.52. The molecule has 2 nitrogen and oxygen atoms in total. The van der Waals surface area contributed by atoms with Gasteiger partial charge in [-0.25, -0.2) is 0 Å². The molecule has 21 heavy (non-hydrogen) atoms. The first-order valence-corrected chi connectivity index (χ1v) is 8.41. The number of halogens is 2. The first kappa shape index (κ1) is 16.7. The molecule has 1 aromatic carbocycles. The van der Waals surface area contributed by atoms with E-state index in [9.17, 15) is 0 Å². The first-order chi connectivity index (χ1) is 10.2. The number of hydrogen-bond acceptors (Lipinski definition) is 2. The highest BCUT2D eigenvalue weighted by atomic mass is 35.5. The lowest BCUT2D eigenvalue weighted by molar-refractivity contribution is 0.302. The molecular formula is C17H23Cl2NO. The highest BCUT2D eigenvalue weighted by Crippen LogP contribution is 2.33. The Bertz CT molecular complexity index is 472. The van der Waals surface area contributed by atoms with Crippen LogP contribution in [-0.4, -0.2) is 12.6 Å². The van der Waals surface area contributed by atoms with Crippen molar-refractivity contribution >= 4 is 23.2 Å². The van der Waals surface area contributed by atoms with Crippen molar-refractivity contribution < 1.29 is 4.74 Å². The highest BCUT2D eigenvalue weighted by molar-refractivity contribution is 6.35. The van der Waals surface area contributed by atoms with E-state index in [1.807, 2.05) is 12.1 Å². The van der Waals surface area contributed by atoms with Crippen LogP contribution in [0.25, 0.3) is 0 Å². The third-order valence-corrected chi connectivity index (χ3v) is 4.04. The Morgan fingerprint density at radius 1 is 1.24 bits per heavy atom. The predicted molar refractivity (Wildman–Crippen MR) is 90.5 cm³/mol. The van der Waals surface area contributed by atoms with Crippen molar-refractivity contribution in [2.24, 2.45) is 0 Å². The lowest BCUT2D eigenvalue weighted by atomic mass is 10.2. The van der Waals surface area contributed by atoms with Crippen molar-refractivity contribution in [3.63, 3.8) is 0 Å². The largest absolute Gasteiger partial charge is 0.492 e. The number of benzene rings is 1. The van der Waals surface area contributed by atoms with Crippen LogP contribution in [0.5, 0.6) is 5.75 Å². The Labute approximate surface area is 137 Å². The van der Waals surface area contributed by atoms with E-state index < -0.39 is 0 Å². The Morgan fingerprint density at radius 2 is 2.05 bits per heavy atom. The maximum Gasteiger partial charge on any atom is 0.142 e. The smallest absolute Gasteiger partial charge is 0.142 e. The van der Waals surface area contributed by atoms with Crippen LogP contribution < -0.4 is 10.1 Å². The molecule has 0 aliphatic heterocycles. The summed E-state index contributed by atoms with van der Waals surface area (Å²) < 4.78 is 5.90. The van der Waals surface area contributed by atoms with E-state index in [1.54, 1.807) is 6.07 Å². The number of hydrogen-bond donors (Lipinski definition) is 1. The van der Waals surface area contributed by atoms with Gasteiger partial charge in [-0.3, -0.25) is 0 Å². The summed E-state index contributed by atoms with van der Waals surface area (Å²) in [6.45, 7) is 5.18. The zero-order valence-electron chi connectivity index (χ0n) is 12.3. The molecule has 1 aliphatic carbocycles. The molecule has 0 amide bonds. The molecule has 0 bridgehead atoms. The minimum atomic E-state index is 0.598. The molecule has 4 heteroatoms. The van der Waals surface area contributed by atoms with Crippen LogP contribution in [0.3, 0.4) is 0 Å². The molecule has 0 spiro atoms. The lowest BCUT2D eigenvalue weighted by Gasteiger charge is -2.14. The molecule has 0 aromatic heterocycles. The van der Waals surface area contributed by atoms with Crippen molar-refractivity contribution in [3.05, 3.63) is 40.4 Å². The van der Waals surface area contributed by atoms with Gasteiger partial charge in [0, 0.05) is 23.2 Å². The van der Waals surface area contributed by atoms with Gasteiger partial charge in [0.15, 0.2) is 0 Å². The number of ether oxygens (including phenoxy) is 1. The van der Waals surface area contributed by atoms with E-state index in [0.717, 1.165) is 43.5 Å². The highest BCUT2D eigenvalue weighted by Gasteiger charge is 2.21. The maximum atomic E-state index is 6.28. The zero-order valence-corrected chi connectivity index (χ0v) is 13.8. The quantitative estimate of drug-likeness (QED) is 0.460. The summed E-state index contributed by atoms with van der Waals surface area (Å²) in [5.41, 5.74) is 1.05. The molecule has 1 fully saturated rings. The third-order valence-electron chi connectivity index (χ3n) is 3.54. The van der Waals surface area contributed by atoms with Gasteiger partial charge >= 0.3 is 0 Å². The van der Waals surface area contributed by atoms with E-state index in [2.05, 4.69) is 11.9 Å². The summed E-state index contributed by atoms with van der Waals surface area (Å²) >= 11 is 12.4. The van der Waals surface area contributed by atoms with Crippen LogP contribution >= 0.6 is 23.2 Å². The average molecular weight is 328 g/mol. The fourth-order valence-corrected chi connectivity index (χ4v) is 2.78. The van der Waals surface area contributed by atoms with E-state index in [-0.39, 0.29) is 0 Å². The summed E-state index contributed by atoms with van der Waals surface area (Å²) in [7, 11) is 0. The van der Waals surface area contributed by atoms with E-state index in [4.69, 9.17) is 27.9 Å². The summed E-state index contributed by atoms with van der Waals surface area (Å²) in [5, 5.41) is 4.73. The molecule has 2 rings (SSSR count). The molecule has 1 aliphatic rings. The Kier molecular flexibility index (Phi) is 6.88. The molecular weight excluding hydrogens is 305 g/mol. The fraction of sp³-hybridized carbons (Fsp3) is 0.529. The summed E-state index contributed by atoms with van der Waals surface area (Å²) in [5.74, 6) is 0.776. The Morgan fingerprint density at radius 3 is 2.76 bits per heavy atom. The summed E-state index contributed by atoms with van der Waals surface area (Å²) in [6, 6.07) is 4.33. The third kappa shape index (κ3) is 5.90. The molecule has 0 heterocycles. The molecule has 116 valence electrons. The number of rotatable bonds is 10. The van der Waals surface area contributed by atoms with Gasteiger partial charge < -0.3 is 10.1 Å². The van der Waals surface area contributed by atoms with Gasteiger partial charge in [-0.05, 0) is 50.7 Å². The molecule has 0 atom stereocenters. The minimum Gasteiger partial charge on any atom is -0.492 e. The van der Waals surface area contributed by atoms with Crippen molar-refractivity contribution in [3.8, 4) is 5.75 Å². The number of unbranched alkanes of at least 4 members (excludes halogenated alkanes) is 3. The van der Waals surface area contributed by atoms with Crippen molar-refractivity contribution in [2.75, 3.05) is 6.61 Å². The van der Waals surface area contributed by atoms with Gasteiger partial charge in [0.1, 0.15) is 5.75 Å². The van der Waals surface area contributed by atoms with Crippen molar-refractivity contribution in [2.45, 2.75) is 51.1 Å². The van der Waals surface area contributed by atoms with Crippen molar-refractivity contribution in [1.29, 1.82) is 0 Å². The first-order valence-electron chi connectivity index (χ1n) is 7.65. The van der Waals surface area contributed by atoms with Gasteiger partial charge in [0.25, 0.3) is 0 Å². The topological polar surface area (TPSA) is 21.3 Å². The minimum absolute atomic E-state index is 0.598. The van der Waals surface area contributed by atoms with E-state index in [1.165, 1.54) is 12.8 Å². The van der Waals surface area contributed by atoms with Crippen LogP contribution in [-0.2, 0) is 6.54 Å². The second kappa shape index (κ2) is 8.67. The molecule has 0 saturated heterocycles. The molecule has 1 saturated carbocycles. The van der Waals surface area contributed by atoms with Crippen LogP contribution in [0.4, 0.5) is 0 Å². The van der Waals surface area contributed by atoms with Gasteiger partial charge in [-0.2, -0.15) is 0 Å². The zero-order chi connectivity index (χ0) is 15.1. The standard InChI is InChI=1S/C17H23Cl2NO/c1-2-3-4-5-6-9-21-17-13(12-20-15-7-8-15)10-14(18)11-16(17)19/h2,10-11,15,20H,1,3-9,12H2.